The summed E-state index contributed by atoms with van der Waals surface area (Å²) in [7, 11) is 0. The smallest absolute Gasteiger partial charge is 0.305 e. The molecule has 0 saturated heterocycles. The summed E-state index contributed by atoms with van der Waals surface area (Å²) in [6.07, 6.45) is 86.6. The predicted octanol–water partition coefficient (Wildman–Crippen LogP) is 23.3. The molecule has 0 aromatic rings. The summed E-state index contributed by atoms with van der Waals surface area (Å²) in [5.41, 5.74) is 0. The number of allylic oxidation sites excluding steroid dienone is 4. The lowest BCUT2D eigenvalue weighted by Crippen LogP contribution is -2.45. The molecule has 0 radical (unpaired) electrons. The van der Waals surface area contributed by atoms with E-state index in [-0.39, 0.29) is 18.5 Å². The largest absolute Gasteiger partial charge is 0.466 e. The van der Waals surface area contributed by atoms with Crippen LogP contribution in [0.2, 0.25) is 0 Å². The summed E-state index contributed by atoms with van der Waals surface area (Å²) in [6.45, 7) is 4.96. The number of aliphatic hydroxyl groups is 2. The maximum Gasteiger partial charge on any atom is 0.305 e. The van der Waals surface area contributed by atoms with Crippen LogP contribution in [0, 0.1) is 0 Å². The van der Waals surface area contributed by atoms with E-state index in [0.29, 0.717) is 25.9 Å². The summed E-state index contributed by atoms with van der Waals surface area (Å²) in [6, 6.07) is -0.538. The van der Waals surface area contributed by atoms with Gasteiger partial charge in [-0.1, -0.05) is 359 Å². The van der Waals surface area contributed by atoms with Crippen molar-refractivity contribution in [2.75, 3.05) is 13.2 Å². The van der Waals surface area contributed by atoms with Gasteiger partial charge in [-0.25, -0.2) is 0 Å². The van der Waals surface area contributed by atoms with Crippen LogP contribution in [0.15, 0.2) is 24.3 Å². The third kappa shape index (κ3) is 65.4. The molecule has 1 amide bonds. The third-order valence-corrected chi connectivity index (χ3v) is 17.0. The Bertz CT molecular complexity index is 1230. The van der Waals surface area contributed by atoms with Gasteiger partial charge in [0.2, 0.25) is 5.91 Å². The van der Waals surface area contributed by atoms with E-state index in [1.807, 2.05) is 0 Å². The molecule has 79 heavy (non-hydrogen) atoms. The van der Waals surface area contributed by atoms with Gasteiger partial charge in [0.05, 0.1) is 25.4 Å². The summed E-state index contributed by atoms with van der Waals surface area (Å²) in [4.78, 5) is 24.6. The lowest BCUT2D eigenvalue weighted by atomic mass is 10.0. The van der Waals surface area contributed by atoms with Crippen molar-refractivity contribution in [2.24, 2.45) is 0 Å². The first kappa shape index (κ1) is 77.3. The summed E-state index contributed by atoms with van der Waals surface area (Å²) >= 11 is 0. The standard InChI is InChI=1S/C73H141NO5/c1-3-5-7-9-11-13-15-17-19-34-39-43-47-51-55-59-63-67-73(78)79-68-64-60-56-52-48-44-40-36-33-31-29-27-25-23-21-22-24-26-28-30-32-35-38-42-46-50-54-58-62-66-72(77)74-70(69-75)71(76)65-61-57-53-49-45-41-37-20-18-16-14-12-10-8-6-4-2/h11,13,17,19,70-71,75-76H,3-10,12,14-16,18,20-69H2,1-2H3,(H,74,77)/b13-11-,19-17-. The number of hydrogen-bond acceptors (Lipinski definition) is 5. The molecule has 0 fully saturated rings. The van der Waals surface area contributed by atoms with Crippen LogP contribution >= 0.6 is 0 Å². The predicted molar refractivity (Wildman–Crippen MR) is 347 cm³/mol. The average molecular weight is 1110 g/mol. The van der Waals surface area contributed by atoms with E-state index < -0.39 is 12.1 Å². The summed E-state index contributed by atoms with van der Waals surface area (Å²) < 4.78 is 5.50. The van der Waals surface area contributed by atoms with Gasteiger partial charge in [-0.3, -0.25) is 9.59 Å². The number of aliphatic hydroxyl groups excluding tert-OH is 2. The molecule has 468 valence electrons. The number of unbranched alkanes of at least 4 members (excludes halogenated alkanes) is 53. The number of ether oxygens (including phenoxy) is 1. The number of amides is 1. The van der Waals surface area contributed by atoms with Gasteiger partial charge in [0.25, 0.3) is 0 Å². The molecular weight excluding hydrogens is 971 g/mol. The molecule has 0 aliphatic carbocycles. The highest BCUT2D eigenvalue weighted by molar-refractivity contribution is 5.76. The molecular formula is C73H141NO5. The highest BCUT2D eigenvalue weighted by Gasteiger charge is 2.20. The van der Waals surface area contributed by atoms with Crippen molar-refractivity contribution in [3.05, 3.63) is 24.3 Å². The Hall–Kier alpha value is -1.66. The highest BCUT2D eigenvalue weighted by atomic mass is 16.5. The number of nitrogens with one attached hydrogen (secondary N) is 1. The van der Waals surface area contributed by atoms with Gasteiger partial charge in [0, 0.05) is 12.8 Å². The minimum Gasteiger partial charge on any atom is -0.466 e. The molecule has 3 N–H and O–H groups in total. The monoisotopic (exact) mass is 1110 g/mol. The first-order valence-electron chi connectivity index (χ1n) is 36.1. The minimum atomic E-state index is -0.661. The molecule has 0 aromatic heterocycles. The van der Waals surface area contributed by atoms with E-state index in [4.69, 9.17) is 4.74 Å². The molecule has 0 spiro atoms. The van der Waals surface area contributed by atoms with Crippen molar-refractivity contribution in [1.29, 1.82) is 0 Å². The minimum absolute atomic E-state index is 0.0124. The van der Waals surface area contributed by atoms with Gasteiger partial charge in [-0.05, 0) is 57.8 Å². The lowest BCUT2D eigenvalue weighted by Gasteiger charge is -2.22. The third-order valence-electron chi connectivity index (χ3n) is 17.0. The van der Waals surface area contributed by atoms with E-state index >= 15 is 0 Å². The molecule has 2 atom stereocenters. The number of rotatable bonds is 68. The van der Waals surface area contributed by atoms with Crippen molar-refractivity contribution < 1.29 is 24.5 Å². The van der Waals surface area contributed by atoms with Crippen molar-refractivity contribution in [3.63, 3.8) is 0 Å². The van der Waals surface area contributed by atoms with Crippen LogP contribution in [0.25, 0.3) is 0 Å². The molecule has 0 saturated carbocycles. The molecule has 0 bridgehead atoms. The molecule has 0 aromatic carbocycles. The van der Waals surface area contributed by atoms with Crippen LogP contribution in [0.3, 0.4) is 0 Å². The van der Waals surface area contributed by atoms with E-state index in [0.717, 1.165) is 51.4 Å². The normalized spacial score (nSPS) is 12.6. The van der Waals surface area contributed by atoms with Crippen LogP contribution in [-0.2, 0) is 14.3 Å². The lowest BCUT2D eigenvalue weighted by molar-refractivity contribution is -0.143. The van der Waals surface area contributed by atoms with E-state index in [1.165, 1.54) is 321 Å². The van der Waals surface area contributed by atoms with Gasteiger partial charge < -0.3 is 20.3 Å². The second kappa shape index (κ2) is 68.8. The Balaban J connectivity index is 3.33. The fourth-order valence-electron chi connectivity index (χ4n) is 11.5. The van der Waals surface area contributed by atoms with Gasteiger partial charge in [-0.2, -0.15) is 0 Å². The Kier molecular flexibility index (Phi) is 67.4. The number of carbonyl (C=O) groups excluding carboxylic acids is 2. The zero-order valence-electron chi connectivity index (χ0n) is 53.6. The Morgan fingerprint density at radius 2 is 0.633 bits per heavy atom. The Morgan fingerprint density at radius 3 is 0.987 bits per heavy atom. The molecule has 2 unspecified atom stereocenters. The van der Waals surface area contributed by atoms with Gasteiger partial charge in [0.1, 0.15) is 0 Å². The topological polar surface area (TPSA) is 95.9 Å². The van der Waals surface area contributed by atoms with Crippen LogP contribution in [0.4, 0.5) is 0 Å². The van der Waals surface area contributed by atoms with Crippen molar-refractivity contribution in [2.45, 2.75) is 418 Å². The van der Waals surface area contributed by atoms with Crippen LogP contribution in [0.5, 0.6) is 0 Å². The SMILES string of the molecule is CCCCC/C=C\C/C=C\CCCCCCCCCC(=O)OCCCCCCCCCCCCCCCCCCCCCCCCCCCCCCCC(=O)NC(CO)C(O)CCCCCCCCCCCCCCCCCC. The highest BCUT2D eigenvalue weighted by Crippen LogP contribution is 2.19. The fraction of sp³-hybridized carbons (Fsp3) is 0.918. The molecule has 0 aliphatic rings. The summed E-state index contributed by atoms with van der Waals surface area (Å²) in [5, 5.41) is 23.4. The Labute approximate surface area is 494 Å². The first-order chi connectivity index (χ1) is 39.0. The van der Waals surface area contributed by atoms with E-state index in [2.05, 4.69) is 43.5 Å². The number of esters is 1. The number of carbonyl (C=O) groups is 2. The molecule has 0 aliphatic heterocycles. The average Bonchev–Trinajstić information content (AvgIpc) is 3.45. The molecule has 6 nitrogen and oxygen atoms in total. The molecule has 6 heteroatoms. The van der Waals surface area contributed by atoms with E-state index in [1.54, 1.807) is 0 Å². The molecule has 0 rings (SSSR count). The van der Waals surface area contributed by atoms with Crippen molar-refractivity contribution >= 4 is 11.9 Å². The maximum absolute atomic E-state index is 12.5. The van der Waals surface area contributed by atoms with Gasteiger partial charge in [-0.15, -0.1) is 0 Å². The van der Waals surface area contributed by atoms with Gasteiger partial charge in [0.15, 0.2) is 0 Å². The van der Waals surface area contributed by atoms with Gasteiger partial charge >= 0.3 is 5.97 Å². The van der Waals surface area contributed by atoms with Crippen LogP contribution in [0.1, 0.15) is 406 Å². The van der Waals surface area contributed by atoms with Crippen molar-refractivity contribution in [1.82, 2.24) is 5.32 Å². The fourth-order valence-corrected chi connectivity index (χ4v) is 11.5. The second-order valence-electron chi connectivity index (χ2n) is 24.9. The van der Waals surface area contributed by atoms with Crippen LogP contribution in [-0.4, -0.2) is 47.4 Å². The van der Waals surface area contributed by atoms with Crippen LogP contribution < -0.4 is 5.32 Å². The maximum atomic E-state index is 12.5. The summed E-state index contributed by atoms with van der Waals surface area (Å²) in [5.74, 6) is -0.0156. The number of hydrogen-bond donors (Lipinski definition) is 3. The Morgan fingerprint density at radius 1 is 0.354 bits per heavy atom. The quantitative estimate of drug-likeness (QED) is 0.0320. The van der Waals surface area contributed by atoms with Crippen molar-refractivity contribution in [3.8, 4) is 0 Å². The van der Waals surface area contributed by atoms with E-state index in [9.17, 15) is 19.8 Å². The first-order valence-corrected chi connectivity index (χ1v) is 36.1. The second-order valence-corrected chi connectivity index (χ2v) is 24.9. The zero-order chi connectivity index (χ0) is 57.1. The zero-order valence-corrected chi connectivity index (χ0v) is 53.6. The molecule has 0 heterocycles.